The van der Waals surface area contributed by atoms with Gasteiger partial charge < -0.3 is 15.0 Å². The van der Waals surface area contributed by atoms with Crippen LogP contribution in [0.4, 0.5) is 4.39 Å². The molecule has 0 atom stereocenters. The molecule has 3 aromatic rings. The number of nitrogens with one attached hydrogen (secondary N) is 1. The van der Waals surface area contributed by atoms with Crippen LogP contribution < -0.4 is 5.32 Å². The van der Waals surface area contributed by atoms with E-state index in [4.69, 9.17) is 4.74 Å². The van der Waals surface area contributed by atoms with E-state index in [0.717, 1.165) is 22.8 Å². The van der Waals surface area contributed by atoms with Gasteiger partial charge in [0, 0.05) is 51.6 Å². The van der Waals surface area contributed by atoms with Crippen LogP contribution in [0.15, 0.2) is 65.9 Å². The van der Waals surface area contributed by atoms with Crippen LogP contribution in [-0.2, 0) is 24.4 Å². The Labute approximate surface area is 170 Å². The third kappa shape index (κ3) is 5.42. The number of nitrogens with zero attached hydrogens (tertiary/aromatic N) is 4. The Bertz CT molecular complexity index is 955. The highest BCUT2D eigenvalue weighted by atomic mass is 19.1. The lowest BCUT2D eigenvalue weighted by molar-refractivity contribution is 0.181. The maximum Gasteiger partial charge on any atom is 0.193 e. The van der Waals surface area contributed by atoms with Crippen LogP contribution in [0.2, 0.25) is 0 Å². The van der Waals surface area contributed by atoms with Crippen molar-refractivity contribution in [3.05, 3.63) is 83.4 Å². The number of guanidine groups is 1. The number of methoxy groups -OCH3 is 1. The highest BCUT2D eigenvalue weighted by molar-refractivity contribution is 5.79. The van der Waals surface area contributed by atoms with Gasteiger partial charge >= 0.3 is 0 Å². The van der Waals surface area contributed by atoms with Crippen molar-refractivity contribution in [2.45, 2.75) is 19.7 Å². The van der Waals surface area contributed by atoms with Crippen molar-refractivity contribution in [2.75, 3.05) is 21.2 Å². The molecule has 1 N–H and O–H groups in total. The molecule has 7 heteroatoms. The first-order chi connectivity index (χ1) is 14.1. The van der Waals surface area contributed by atoms with Crippen molar-refractivity contribution in [3.8, 4) is 5.69 Å². The molecule has 29 heavy (non-hydrogen) atoms. The van der Waals surface area contributed by atoms with E-state index in [1.165, 1.54) is 6.07 Å². The van der Waals surface area contributed by atoms with Crippen LogP contribution in [0, 0.1) is 5.82 Å². The van der Waals surface area contributed by atoms with Gasteiger partial charge in [0.05, 0.1) is 18.5 Å². The van der Waals surface area contributed by atoms with Crippen LogP contribution in [-0.4, -0.2) is 41.8 Å². The molecular formula is C22H26FN5O. The molecule has 0 radical (unpaired) electrons. The van der Waals surface area contributed by atoms with Crippen molar-refractivity contribution in [3.63, 3.8) is 0 Å². The summed E-state index contributed by atoms with van der Waals surface area (Å²) in [6.07, 6.45) is 3.86. The summed E-state index contributed by atoms with van der Waals surface area (Å²) in [5.74, 6) is 0.489. The van der Waals surface area contributed by atoms with Gasteiger partial charge in [-0.2, -0.15) is 5.10 Å². The highest BCUT2D eigenvalue weighted by Gasteiger charge is 2.10. The Morgan fingerprint density at radius 1 is 1.21 bits per heavy atom. The van der Waals surface area contributed by atoms with E-state index < -0.39 is 0 Å². The monoisotopic (exact) mass is 395 g/mol. The number of ether oxygens (including phenoxy) is 1. The fraction of sp³-hybridized carbons (Fsp3) is 0.273. The summed E-state index contributed by atoms with van der Waals surface area (Å²) < 4.78 is 20.7. The molecule has 0 aliphatic carbocycles. The quantitative estimate of drug-likeness (QED) is 0.492. The molecule has 1 heterocycles. The second-order valence-electron chi connectivity index (χ2n) is 6.74. The van der Waals surface area contributed by atoms with Crippen molar-refractivity contribution >= 4 is 5.96 Å². The van der Waals surface area contributed by atoms with Crippen LogP contribution in [0.3, 0.4) is 0 Å². The van der Waals surface area contributed by atoms with Gasteiger partial charge in [0.2, 0.25) is 0 Å². The van der Waals surface area contributed by atoms with Gasteiger partial charge in [-0.05, 0) is 29.8 Å². The fourth-order valence-corrected chi connectivity index (χ4v) is 3.08. The Kier molecular flexibility index (Phi) is 6.97. The fourth-order valence-electron chi connectivity index (χ4n) is 3.08. The van der Waals surface area contributed by atoms with Gasteiger partial charge in [0.25, 0.3) is 0 Å². The predicted molar refractivity (Wildman–Crippen MR) is 112 cm³/mol. The van der Waals surface area contributed by atoms with Crippen LogP contribution in [0.25, 0.3) is 5.69 Å². The molecule has 3 rings (SSSR count). The molecule has 0 saturated heterocycles. The summed E-state index contributed by atoms with van der Waals surface area (Å²) >= 11 is 0. The summed E-state index contributed by atoms with van der Waals surface area (Å²) in [5, 5.41) is 7.75. The van der Waals surface area contributed by atoms with Gasteiger partial charge in [-0.15, -0.1) is 0 Å². The zero-order valence-electron chi connectivity index (χ0n) is 17.0. The Hall–Kier alpha value is -3.19. The molecule has 0 aliphatic heterocycles. The number of para-hydroxylation sites is 1. The van der Waals surface area contributed by atoms with Crippen molar-refractivity contribution in [1.82, 2.24) is 20.0 Å². The number of benzene rings is 2. The SMILES string of the molecule is CN=C(NCc1ccc(F)c(COC)c1)N(C)Cc1cnn(-c2ccccc2)c1. The molecule has 0 amide bonds. The molecule has 0 aliphatic rings. The van der Waals surface area contributed by atoms with E-state index in [1.807, 2.05) is 65.4 Å². The molecule has 0 saturated carbocycles. The van der Waals surface area contributed by atoms with E-state index in [0.29, 0.717) is 18.7 Å². The summed E-state index contributed by atoms with van der Waals surface area (Å²) in [6, 6.07) is 15.0. The minimum Gasteiger partial charge on any atom is -0.380 e. The van der Waals surface area contributed by atoms with Gasteiger partial charge in [0.15, 0.2) is 5.96 Å². The topological polar surface area (TPSA) is 54.7 Å². The Morgan fingerprint density at radius 2 is 2.00 bits per heavy atom. The van der Waals surface area contributed by atoms with Gasteiger partial charge in [0.1, 0.15) is 5.82 Å². The molecule has 1 aromatic heterocycles. The highest BCUT2D eigenvalue weighted by Crippen LogP contribution is 2.12. The molecular weight excluding hydrogens is 369 g/mol. The van der Waals surface area contributed by atoms with Crippen LogP contribution in [0.1, 0.15) is 16.7 Å². The third-order valence-corrected chi connectivity index (χ3v) is 4.51. The third-order valence-electron chi connectivity index (χ3n) is 4.51. The first kappa shape index (κ1) is 20.5. The van der Waals surface area contributed by atoms with Crippen molar-refractivity contribution in [1.29, 1.82) is 0 Å². The molecule has 0 fully saturated rings. The number of hydrogen-bond donors (Lipinski definition) is 1. The Morgan fingerprint density at radius 3 is 2.72 bits per heavy atom. The largest absolute Gasteiger partial charge is 0.380 e. The molecule has 6 nitrogen and oxygen atoms in total. The van der Waals surface area contributed by atoms with E-state index in [2.05, 4.69) is 15.4 Å². The first-order valence-electron chi connectivity index (χ1n) is 9.37. The first-order valence-corrected chi connectivity index (χ1v) is 9.37. The van der Waals surface area contributed by atoms with E-state index in [-0.39, 0.29) is 12.4 Å². The van der Waals surface area contributed by atoms with Crippen LogP contribution >= 0.6 is 0 Å². The summed E-state index contributed by atoms with van der Waals surface area (Å²) in [4.78, 5) is 6.37. The standard InChI is InChI=1S/C22H26FN5O/c1-24-22(25-12-17-9-10-21(23)19(11-17)16-29-3)27(2)14-18-13-26-28(15-18)20-7-5-4-6-8-20/h4-11,13,15H,12,14,16H2,1-3H3,(H,24,25). The molecule has 2 aromatic carbocycles. The summed E-state index contributed by atoms with van der Waals surface area (Å²) in [7, 11) is 5.27. The van der Waals surface area contributed by atoms with Gasteiger partial charge in [-0.25, -0.2) is 9.07 Å². The molecule has 152 valence electrons. The van der Waals surface area contributed by atoms with E-state index >= 15 is 0 Å². The lowest BCUT2D eigenvalue weighted by Gasteiger charge is -2.21. The van der Waals surface area contributed by atoms with E-state index in [9.17, 15) is 4.39 Å². The molecule has 0 unspecified atom stereocenters. The number of aromatic nitrogens is 2. The average molecular weight is 395 g/mol. The number of aliphatic imine (C=N–C) groups is 1. The number of hydrogen-bond acceptors (Lipinski definition) is 3. The van der Waals surface area contributed by atoms with E-state index in [1.54, 1.807) is 20.2 Å². The zero-order chi connectivity index (χ0) is 20.6. The smallest absolute Gasteiger partial charge is 0.193 e. The van der Waals surface area contributed by atoms with Gasteiger partial charge in [-0.1, -0.05) is 24.3 Å². The minimum atomic E-state index is -0.257. The maximum absolute atomic E-state index is 13.8. The normalized spacial score (nSPS) is 11.5. The molecule has 0 spiro atoms. The minimum absolute atomic E-state index is 0.250. The van der Waals surface area contributed by atoms with Crippen molar-refractivity contribution < 1.29 is 9.13 Å². The van der Waals surface area contributed by atoms with Gasteiger partial charge in [-0.3, -0.25) is 4.99 Å². The maximum atomic E-state index is 13.8. The summed E-state index contributed by atoms with van der Waals surface area (Å²) in [5.41, 5.74) is 3.60. The second-order valence-corrected chi connectivity index (χ2v) is 6.74. The molecule has 0 bridgehead atoms. The second kappa shape index (κ2) is 9.84. The zero-order valence-corrected chi connectivity index (χ0v) is 17.0. The Balaban J connectivity index is 1.60. The lowest BCUT2D eigenvalue weighted by atomic mass is 10.1. The van der Waals surface area contributed by atoms with Crippen LogP contribution in [0.5, 0.6) is 0 Å². The summed E-state index contributed by atoms with van der Waals surface area (Å²) in [6.45, 7) is 1.45. The van der Waals surface area contributed by atoms with Crippen molar-refractivity contribution in [2.24, 2.45) is 4.99 Å². The predicted octanol–water partition coefficient (Wildman–Crippen LogP) is 3.37. The average Bonchev–Trinajstić information content (AvgIpc) is 3.20. The lowest BCUT2D eigenvalue weighted by Crippen LogP contribution is -2.38. The number of halogens is 1. The number of rotatable bonds is 7.